The van der Waals surface area contributed by atoms with E-state index < -0.39 is 6.04 Å². The highest BCUT2D eigenvalue weighted by Gasteiger charge is 2.44. The summed E-state index contributed by atoms with van der Waals surface area (Å²) in [6, 6.07) is 3.44. The number of nitrogens with zero attached hydrogens (tertiary/aromatic N) is 2. The zero-order valence-corrected chi connectivity index (χ0v) is 15.9. The van der Waals surface area contributed by atoms with Crippen molar-refractivity contribution in [2.75, 3.05) is 6.54 Å². The van der Waals surface area contributed by atoms with Gasteiger partial charge in [-0.2, -0.15) is 0 Å². The molecule has 3 amide bonds. The second kappa shape index (κ2) is 6.60. The summed E-state index contributed by atoms with van der Waals surface area (Å²) in [5.41, 5.74) is 3.76. The Kier molecular flexibility index (Phi) is 4.38. The zero-order valence-electron chi connectivity index (χ0n) is 15.9. The summed E-state index contributed by atoms with van der Waals surface area (Å²) in [7, 11) is 0. The van der Waals surface area contributed by atoms with Gasteiger partial charge in [0.2, 0.25) is 5.91 Å². The highest BCUT2D eigenvalue weighted by Crippen LogP contribution is 2.32. The van der Waals surface area contributed by atoms with Gasteiger partial charge in [0.25, 0.3) is 11.8 Å². The molecular weight excluding hydrogens is 342 g/mol. The van der Waals surface area contributed by atoms with E-state index >= 15 is 0 Å². The second-order valence-corrected chi connectivity index (χ2v) is 7.96. The molecular formula is C21H25N3O3. The van der Waals surface area contributed by atoms with Crippen molar-refractivity contribution in [2.45, 2.75) is 58.2 Å². The standard InChI is InChI=1S/C21H25N3O3/c1-12(2)23-8-4-5-14-9-16-17(10-15(14)11-23)21(27)24(20(16)26)18-7-6-13(3)22-19(18)25/h9-10,12,18H,3-8,11H2,1-2H3,(H,22,25). The van der Waals surface area contributed by atoms with Crippen LogP contribution in [0.15, 0.2) is 24.4 Å². The first-order chi connectivity index (χ1) is 12.9. The predicted octanol–water partition coefficient (Wildman–Crippen LogP) is 2.23. The number of fused-ring (bicyclic) bond motifs is 2. The van der Waals surface area contributed by atoms with Crippen molar-refractivity contribution in [3.8, 4) is 0 Å². The smallest absolute Gasteiger partial charge is 0.262 e. The molecule has 0 saturated carbocycles. The van der Waals surface area contributed by atoms with E-state index in [-0.39, 0.29) is 17.7 Å². The topological polar surface area (TPSA) is 69.7 Å². The lowest BCUT2D eigenvalue weighted by Gasteiger charge is -2.29. The van der Waals surface area contributed by atoms with Crippen molar-refractivity contribution >= 4 is 17.7 Å². The van der Waals surface area contributed by atoms with Gasteiger partial charge in [-0.05, 0) is 69.3 Å². The molecule has 1 N–H and O–H groups in total. The molecule has 1 atom stereocenters. The molecule has 4 rings (SSSR count). The molecule has 1 aromatic carbocycles. The van der Waals surface area contributed by atoms with E-state index in [1.807, 2.05) is 12.1 Å². The number of carbonyl (C=O) groups excluding carboxylic acids is 3. The molecule has 1 fully saturated rings. The maximum Gasteiger partial charge on any atom is 0.262 e. The molecule has 0 spiro atoms. The highest BCUT2D eigenvalue weighted by molar-refractivity contribution is 6.23. The first-order valence-electron chi connectivity index (χ1n) is 9.63. The fourth-order valence-corrected chi connectivity index (χ4v) is 4.28. The molecule has 6 nitrogen and oxygen atoms in total. The lowest BCUT2D eigenvalue weighted by atomic mass is 9.97. The Morgan fingerprint density at radius 1 is 1.07 bits per heavy atom. The summed E-state index contributed by atoms with van der Waals surface area (Å²) in [6.45, 7) is 9.90. The lowest BCUT2D eigenvalue weighted by molar-refractivity contribution is -0.125. The van der Waals surface area contributed by atoms with Crippen LogP contribution in [0.4, 0.5) is 0 Å². The largest absolute Gasteiger partial charge is 0.329 e. The summed E-state index contributed by atoms with van der Waals surface area (Å²) < 4.78 is 0. The first-order valence-corrected chi connectivity index (χ1v) is 9.63. The monoisotopic (exact) mass is 367 g/mol. The number of rotatable bonds is 2. The Labute approximate surface area is 159 Å². The van der Waals surface area contributed by atoms with Crippen LogP contribution in [0, 0.1) is 0 Å². The Balaban J connectivity index is 1.68. The van der Waals surface area contributed by atoms with Gasteiger partial charge in [0, 0.05) is 18.3 Å². The number of imide groups is 1. The maximum atomic E-state index is 13.0. The average Bonchev–Trinajstić information content (AvgIpc) is 2.77. The summed E-state index contributed by atoms with van der Waals surface area (Å²) in [5.74, 6) is -1.03. The van der Waals surface area contributed by atoms with Crippen molar-refractivity contribution in [2.24, 2.45) is 0 Å². The van der Waals surface area contributed by atoms with Crippen LogP contribution in [0.5, 0.6) is 0 Å². The maximum absolute atomic E-state index is 13.0. The number of nitrogens with one attached hydrogen (secondary N) is 1. The van der Waals surface area contributed by atoms with Crippen LogP contribution in [0.2, 0.25) is 0 Å². The molecule has 3 heterocycles. The molecule has 1 unspecified atom stereocenters. The van der Waals surface area contributed by atoms with E-state index in [1.165, 1.54) is 0 Å². The fraction of sp³-hybridized carbons (Fsp3) is 0.476. The third-order valence-corrected chi connectivity index (χ3v) is 5.87. The fourth-order valence-electron chi connectivity index (χ4n) is 4.28. The van der Waals surface area contributed by atoms with E-state index in [0.29, 0.717) is 35.7 Å². The first kappa shape index (κ1) is 17.9. The summed E-state index contributed by atoms with van der Waals surface area (Å²) in [5, 5.41) is 2.67. The van der Waals surface area contributed by atoms with Crippen molar-refractivity contribution in [3.63, 3.8) is 0 Å². The van der Waals surface area contributed by atoms with Gasteiger partial charge >= 0.3 is 0 Å². The normalized spacial score (nSPS) is 23.4. The minimum atomic E-state index is -0.755. The van der Waals surface area contributed by atoms with Crippen molar-refractivity contribution < 1.29 is 14.4 Å². The Morgan fingerprint density at radius 3 is 2.37 bits per heavy atom. The molecule has 27 heavy (non-hydrogen) atoms. The molecule has 1 aromatic rings. The van der Waals surface area contributed by atoms with Crippen molar-refractivity contribution in [3.05, 3.63) is 46.7 Å². The molecule has 3 aliphatic heterocycles. The number of piperidine rings is 1. The number of hydrogen-bond acceptors (Lipinski definition) is 4. The van der Waals surface area contributed by atoms with Gasteiger partial charge in [0.15, 0.2) is 0 Å². The number of hydrogen-bond donors (Lipinski definition) is 1. The van der Waals surface area contributed by atoms with E-state index in [0.717, 1.165) is 42.0 Å². The third kappa shape index (κ3) is 2.98. The molecule has 0 bridgehead atoms. The molecule has 142 valence electrons. The van der Waals surface area contributed by atoms with Crippen LogP contribution in [0.1, 0.15) is 65.0 Å². The molecule has 1 saturated heterocycles. The van der Waals surface area contributed by atoms with Crippen LogP contribution in [-0.2, 0) is 17.8 Å². The molecule has 3 aliphatic rings. The Morgan fingerprint density at radius 2 is 1.74 bits per heavy atom. The van der Waals surface area contributed by atoms with Gasteiger partial charge in [0.05, 0.1) is 11.1 Å². The van der Waals surface area contributed by atoms with Gasteiger partial charge < -0.3 is 5.32 Å². The number of aryl methyl sites for hydroxylation is 1. The van der Waals surface area contributed by atoms with Crippen LogP contribution < -0.4 is 5.32 Å². The number of amides is 3. The summed E-state index contributed by atoms with van der Waals surface area (Å²) in [6.07, 6.45) is 2.93. The van der Waals surface area contributed by atoms with E-state index in [4.69, 9.17) is 0 Å². The quantitative estimate of drug-likeness (QED) is 0.814. The average molecular weight is 367 g/mol. The Hall–Kier alpha value is -2.47. The zero-order chi connectivity index (χ0) is 19.3. The van der Waals surface area contributed by atoms with E-state index in [9.17, 15) is 14.4 Å². The highest BCUT2D eigenvalue weighted by atomic mass is 16.2. The van der Waals surface area contributed by atoms with Gasteiger partial charge in [-0.25, -0.2) is 0 Å². The number of allylic oxidation sites excluding steroid dienone is 1. The van der Waals surface area contributed by atoms with Crippen LogP contribution in [0.3, 0.4) is 0 Å². The van der Waals surface area contributed by atoms with Gasteiger partial charge in [-0.3, -0.25) is 24.2 Å². The van der Waals surface area contributed by atoms with E-state index in [1.54, 1.807) is 0 Å². The van der Waals surface area contributed by atoms with Crippen molar-refractivity contribution in [1.29, 1.82) is 0 Å². The summed E-state index contributed by atoms with van der Waals surface area (Å²) >= 11 is 0. The van der Waals surface area contributed by atoms with Crippen LogP contribution in [0.25, 0.3) is 0 Å². The minimum absolute atomic E-state index is 0.326. The van der Waals surface area contributed by atoms with Gasteiger partial charge in [0.1, 0.15) is 6.04 Å². The predicted molar refractivity (Wildman–Crippen MR) is 101 cm³/mol. The SMILES string of the molecule is C=C1CCC(N2C(=O)c3cc4c(cc3C2=O)CN(C(C)C)CCC4)C(=O)N1. The minimum Gasteiger partial charge on any atom is -0.329 e. The van der Waals surface area contributed by atoms with Gasteiger partial charge in [-0.1, -0.05) is 6.58 Å². The third-order valence-electron chi connectivity index (χ3n) is 5.87. The van der Waals surface area contributed by atoms with Crippen LogP contribution >= 0.6 is 0 Å². The number of carbonyl (C=O) groups is 3. The summed E-state index contributed by atoms with van der Waals surface area (Å²) in [4.78, 5) is 41.8. The van der Waals surface area contributed by atoms with E-state index in [2.05, 4.69) is 30.6 Å². The number of benzene rings is 1. The van der Waals surface area contributed by atoms with Crippen molar-refractivity contribution in [1.82, 2.24) is 15.1 Å². The Bertz CT molecular complexity index is 858. The second-order valence-electron chi connectivity index (χ2n) is 7.96. The molecule has 0 aliphatic carbocycles. The molecule has 6 heteroatoms. The van der Waals surface area contributed by atoms with Crippen LogP contribution in [-0.4, -0.2) is 46.1 Å². The molecule has 0 aromatic heterocycles. The lowest BCUT2D eigenvalue weighted by Crippen LogP contribution is -2.51. The van der Waals surface area contributed by atoms with Gasteiger partial charge in [-0.15, -0.1) is 0 Å². The molecule has 0 radical (unpaired) electrons.